The lowest BCUT2D eigenvalue weighted by Gasteiger charge is -2.34. The van der Waals surface area contributed by atoms with Crippen molar-refractivity contribution in [1.29, 1.82) is 0 Å². The lowest BCUT2D eigenvalue weighted by Crippen LogP contribution is -2.53. The second-order valence-corrected chi connectivity index (χ2v) is 12.8. The van der Waals surface area contributed by atoms with Crippen molar-refractivity contribution in [3.8, 4) is 17.2 Å². The molecule has 3 aromatic carbocycles. The molecular weight excluding hydrogens is 618 g/mol. The highest BCUT2D eigenvalue weighted by molar-refractivity contribution is 7.92. The number of hydrogen-bond acceptors (Lipinski definition) is 7. The van der Waals surface area contributed by atoms with E-state index in [0.717, 1.165) is 15.4 Å². The van der Waals surface area contributed by atoms with Gasteiger partial charge in [-0.05, 0) is 68.1 Å². The standard InChI is InChI=1S/C33H42ClN3O7S/c1-8-23(4)35-33(39)27(9-2)36(20-24-13-11-10-12-22(24)3)32(38)21-37(28-18-25(34)14-16-29(28)42-5)45(40,41)26-15-17-30(43-6)31(19-26)44-7/h10-19,23,27H,8-9,20-21H2,1-7H3,(H,35,39)/t23-,27-/m0/s1. The summed E-state index contributed by atoms with van der Waals surface area (Å²) in [6.45, 7) is 7.03. The van der Waals surface area contributed by atoms with Crippen LogP contribution in [0.15, 0.2) is 65.6 Å². The van der Waals surface area contributed by atoms with Crippen molar-refractivity contribution in [2.24, 2.45) is 0 Å². The van der Waals surface area contributed by atoms with Crippen LogP contribution in [0.25, 0.3) is 0 Å². The summed E-state index contributed by atoms with van der Waals surface area (Å²) >= 11 is 6.34. The molecule has 3 rings (SSSR count). The van der Waals surface area contributed by atoms with Gasteiger partial charge in [-0.15, -0.1) is 0 Å². The number of carbonyl (C=O) groups excluding carboxylic acids is 2. The normalized spacial score (nSPS) is 12.5. The number of ether oxygens (including phenoxy) is 3. The number of hydrogen-bond donors (Lipinski definition) is 1. The molecule has 1 N–H and O–H groups in total. The van der Waals surface area contributed by atoms with Gasteiger partial charge in [-0.1, -0.05) is 49.7 Å². The first-order chi connectivity index (χ1) is 21.4. The average molecular weight is 660 g/mol. The zero-order valence-electron chi connectivity index (χ0n) is 26.8. The van der Waals surface area contributed by atoms with Gasteiger partial charge in [0.05, 0.1) is 31.9 Å². The van der Waals surface area contributed by atoms with E-state index in [0.29, 0.717) is 18.6 Å². The average Bonchev–Trinajstić information content (AvgIpc) is 3.03. The van der Waals surface area contributed by atoms with Crippen LogP contribution in [0.5, 0.6) is 17.2 Å². The van der Waals surface area contributed by atoms with Crippen LogP contribution in [-0.2, 0) is 26.2 Å². The van der Waals surface area contributed by atoms with Crippen LogP contribution in [-0.4, -0.2) is 65.1 Å². The fraction of sp³-hybridized carbons (Fsp3) is 0.394. The summed E-state index contributed by atoms with van der Waals surface area (Å²) in [4.78, 5) is 29.2. The maximum Gasteiger partial charge on any atom is 0.265 e. The minimum atomic E-state index is -4.44. The number of rotatable bonds is 15. The molecule has 0 aliphatic heterocycles. The predicted octanol–water partition coefficient (Wildman–Crippen LogP) is 5.59. The van der Waals surface area contributed by atoms with E-state index in [-0.39, 0.29) is 45.6 Å². The highest BCUT2D eigenvalue weighted by Crippen LogP contribution is 2.37. The Kier molecular flexibility index (Phi) is 12.5. The van der Waals surface area contributed by atoms with Crippen LogP contribution in [0, 0.1) is 6.92 Å². The number of benzene rings is 3. The number of sulfonamides is 1. The van der Waals surface area contributed by atoms with Crippen molar-refractivity contribution in [1.82, 2.24) is 10.2 Å². The summed E-state index contributed by atoms with van der Waals surface area (Å²) < 4.78 is 45.9. The quantitative estimate of drug-likeness (QED) is 0.226. The smallest absolute Gasteiger partial charge is 0.265 e. The third-order valence-electron chi connectivity index (χ3n) is 7.62. The van der Waals surface area contributed by atoms with Crippen LogP contribution < -0.4 is 23.8 Å². The molecule has 0 aliphatic rings. The zero-order chi connectivity index (χ0) is 33.3. The molecule has 10 nitrogen and oxygen atoms in total. The molecule has 0 heterocycles. The van der Waals surface area contributed by atoms with Gasteiger partial charge in [0.1, 0.15) is 18.3 Å². The van der Waals surface area contributed by atoms with Gasteiger partial charge in [0, 0.05) is 23.7 Å². The number of halogens is 1. The van der Waals surface area contributed by atoms with E-state index in [9.17, 15) is 18.0 Å². The van der Waals surface area contributed by atoms with Gasteiger partial charge in [-0.2, -0.15) is 0 Å². The van der Waals surface area contributed by atoms with E-state index in [1.54, 1.807) is 6.07 Å². The molecular formula is C33H42ClN3O7S. The van der Waals surface area contributed by atoms with Crippen molar-refractivity contribution >= 4 is 39.1 Å². The minimum Gasteiger partial charge on any atom is -0.495 e. The Labute approximate surface area is 271 Å². The van der Waals surface area contributed by atoms with Crippen LogP contribution in [0.4, 0.5) is 5.69 Å². The molecule has 0 unspecified atom stereocenters. The van der Waals surface area contributed by atoms with Gasteiger partial charge in [0.25, 0.3) is 10.0 Å². The van der Waals surface area contributed by atoms with Crippen molar-refractivity contribution in [2.75, 3.05) is 32.2 Å². The molecule has 0 radical (unpaired) electrons. The van der Waals surface area contributed by atoms with Gasteiger partial charge in [-0.25, -0.2) is 8.42 Å². The summed E-state index contributed by atoms with van der Waals surface area (Å²) in [7, 11) is -0.200. The molecule has 0 saturated heterocycles. The van der Waals surface area contributed by atoms with Crippen LogP contribution in [0.1, 0.15) is 44.7 Å². The molecule has 0 saturated carbocycles. The molecule has 45 heavy (non-hydrogen) atoms. The predicted molar refractivity (Wildman–Crippen MR) is 176 cm³/mol. The fourth-order valence-electron chi connectivity index (χ4n) is 4.81. The zero-order valence-corrected chi connectivity index (χ0v) is 28.4. The van der Waals surface area contributed by atoms with Gasteiger partial charge >= 0.3 is 0 Å². The molecule has 0 fully saturated rings. The summed E-state index contributed by atoms with van der Waals surface area (Å²) in [5.41, 5.74) is 1.81. The monoisotopic (exact) mass is 659 g/mol. The second kappa shape index (κ2) is 15.9. The number of carbonyl (C=O) groups is 2. The number of aryl methyl sites for hydroxylation is 1. The second-order valence-electron chi connectivity index (χ2n) is 10.5. The first kappa shape index (κ1) is 35.5. The Morgan fingerprint density at radius 2 is 1.53 bits per heavy atom. The van der Waals surface area contributed by atoms with Crippen molar-refractivity contribution in [2.45, 2.75) is 64.1 Å². The van der Waals surface area contributed by atoms with Crippen LogP contribution in [0.2, 0.25) is 5.02 Å². The van der Waals surface area contributed by atoms with Crippen molar-refractivity contribution < 1.29 is 32.2 Å². The molecule has 0 spiro atoms. The van der Waals surface area contributed by atoms with Crippen molar-refractivity contribution in [3.63, 3.8) is 0 Å². The number of amides is 2. The molecule has 12 heteroatoms. The Morgan fingerprint density at radius 1 is 0.889 bits per heavy atom. The molecule has 2 atom stereocenters. The van der Waals surface area contributed by atoms with Gasteiger partial charge < -0.3 is 24.4 Å². The van der Waals surface area contributed by atoms with E-state index >= 15 is 0 Å². The number of methoxy groups -OCH3 is 3. The largest absolute Gasteiger partial charge is 0.495 e. The van der Waals surface area contributed by atoms with Gasteiger partial charge in [-0.3, -0.25) is 13.9 Å². The first-order valence-corrected chi connectivity index (χ1v) is 16.5. The van der Waals surface area contributed by atoms with Crippen LogP contribution in [0.3, 0.4) is 0 Å². The molecule has 0 bridgehead atoms. The Morgan fingerprint density at radius 3 is 2.13 bits per heavy atom. The van der Waals surface area contributed by atoms with Crippen molar-refractivity contribution in [3.05, 3.63) is 76.8 Å². The summed E-state index contributed by atoms with van der Waals surface area (Å²) in [5, 5.41) is 3.22. The van der Waals surface area contributed by atoms with E-state index in [4.69, 9.17) is 25.8 Å². The SMILES string of the molecule is CC[C@H](C)NC(=O)[C@H](CC)N(Cc1ccccc1C)C(=O)CN(c1cc(Cl)ccc1OC)S(=O)(=O)c1ccc(OC)c(OC)c1. The summed E-state index contributed by atoms with van der Waals surface area (Å²) in [5.74, 6) is -0.194. The number of anilines is 1. The lowest BCUT2D eigenvalue weighted by molar-refractivity contribution is -0.140. The van der Waals surface area contributed by atoms with Gasteiger partial charge in [0.15, 0.2) is 11.5 Å². The lowest BCUT2D eigenvalue weighted by atomic mass is 10.1. The third kappa shape index (κ3) is 8.40. The molecule has 0 aromatic heterocycles. The highest BCUT2D eigenvalue weighted by atomic mass is 35.5. The Bertz CT molecular complexity index is 1600. The van der Waals surface area contributed by atoms with E-state index in [1.165, 1.54) is 56.6 Å². The topological polar surface area (TPSA) is 114 Å². The minimum absolute atomic E-state index is 0.0566. The first-order valence-electron chi connectivity index (χ1n) is 14.6. The van der Waals surface area contributed by atoms with Crippen LogP contribution >= 0.6 is 11.6 Å². The third-order valence-corrected chi connectivity index (χ3v) is 9.61. The van der Waals surface area contributed by atoms with E-state index in [1.807, 2.05) is 52.0 Å². The Balaban J connectivity index is 2.19. The maximum absolute atomic E-state index is 14.4. The number of nitrogens with one attached hydrogen (secondary N) is 1. The number of nitrogens with zero attached hydrogens (tertiary/aromatic N) is 2. The fourth-order valence-corrected chi connectivity index (χ4v) is 6.41. The molecule has 244 valence electrons. The molecule has 2 amide bonds. The Hall–Kier alpha value is -3.96. The summed E-state index contributed by atoms with van der Waals surface area (Å²) in [6, 6.07) is 15.2. The highest BCUT2D eigenvalue weighted by Gasteiger charge is 2.35. The molecule has 0 aliphatic carbocycles. The summed E-state index contributed by atoms with van der Waals surface area (Å²) in [6.07, 6.45) is 1.02. The van der Waals surface area contributed by atoms with Gasteiger partial charge in [0.2, 0.25) is 11.8 Å². The molecule has 3 aromatic rings. The van der Waals surface area contributed by atoms with E-state index < -0.39 is 28.5 Å². The van der Waals surface area contributed by atoms with E-state index in [2.05, 4.69) is 5.32 Å². The maximum atomic E-state index is 14.4.